The second kappa shape index (κ2) is 6.50. The number of carbonyl (C=O) groups is 1. The monoisotopic (exact) mass is 341 g/mol. The Hall–Kier alpha value is -2.37. The van der Waals surface area contributed by atoms with E-state index in [4.69, 9.17) is 4.74 Å². The number of hydrogen-bond donors (Lipinski definition) is 0. The average Bonchev–Trinajstić information content (AvgIpc) is 3.09. The standard InChI is InChI=1S/C19H23N3O3/c1-13-4-2-8-21(11-13)18(23)12-25-14-6-7-16-15(10-14)19(24)22-9-3-5-17(22)20-16/h6-7,10,13H,2-5,8-9,11-12H2,1H3/t13-/m1/s1. The summed E-state index contributed by atoms with van der Waals surface area (Å²) in [5.41, 5.74) is 0.681. The van der Waals surface area contributed by atoms with Crippen molar-refractivity contribution in [3.8, 4) is 5.75 Å². The second-order valence-electron chi connectivity index (χ2n) is 7.14. The number of rotatable bonds is 3. The molecule has 1 amide bonds. The zero-order valence-corrected chi connectivity index (χ0v) is 14.5. The Morgan fingerprint density at radius 3 is 3.04 bits per heavy atom. The first kappa shape index (κ1) is 16.1. The molecule has 1 aromatic heterocycles. The molecule has 1 atom stereocenters. The molecular weight excluding hydrogens is 318 g/mol. The molecule has 1 aromatic carbocycles. The number of nitrogens with zero attached hydrogens (tertiary/aromatic N) is 3. The molecule has 2 aliphatic rings. The van der Waals surface area contributed by atoms with Gasteiger partial charge in [-0.05, 0) is 43.4 Å². The molecule has 2 aliphatic heterocycles. The van der Waals surface area contributed by atoms with Crippen LogP contribution in [0.3, 0.4) is 0 Å². The Labute approximate surface area is 146 Å². The van der Waals surface area contributed by atoms with Crippen LogP contribution in [0.5, 0.6) is 5.75 Å². The number of ether oxygens (including phenoxy) is 1. The molecule has 4 rings (SSSR count). The highest BCUT2D eigenvalue weighted by molar-refractivity contribution is 5.80. The summed E-state index contributed by atoms with van der Waals surface area (Å²) in [4.78, 5) is 31.4. The van der Waals surface area contributed by atoms with Crippen molar-refractivity contribution in [2.45, 2.75) is 39.2 Å². The first-order valence-corrected chi connectivity index (χ1v) is 9.06. The summed E-state index contributed by atoms with van der Waals surface area (Å²) >= 11 is 0. The van der Waals surface area contributed by atoms with E-state index in [0.717, 1.165) is 44.7 Å². The van der Waals surface area contributed by atoms with Gasteiger partial charge in [-0.1, -0.05) is 6.92 Å². The quantitative estimate of drug-likeness (QED) is 0.856. The number of likely N-dealkylation sites (tertiary alicyclic amines) is 1. The van der Waals surface area contributed by atoms with Gasteiger partial charge < -0.3 is 9.64 Å². The van der Waals surface area contributed by atoms with Crippen molar-refractivity contribution in [3.63, 3.8) is 0 Å². The lowest BCUT2D eigenvalue weighted by Crippen LogP contribution is -2.41. The van der Waals surface area contributed by atoms with Crippen LogP contribution in [-0.2, 0) is 17.8 Å². The number of amides is 1. The highest BCUT2D eigenvalue weighted by Gasteiger charge is 2.21. The molecule has 3 heterocycles. The topological polar surface area (TPSA) is 64.4 Å². The lowest BCUT2D eigenvalue weighted by Gasteiger charge is -2.30. The van der Waals surface area contributed by atoms with Crippen LogP contribution in [-0.4, -0.2) is 40.1 Å². The summed E-state index contributed by atoms with van der Waals surface area (Å²) in [7, 11) is 0. The molecule has 0 unspecified atom stereocenters. The molecule has 6 heteroatoms. The number of aryl methyl sites for hydroxylation is 1. The minimum Gasteiger partial charge on any atom is -0.484 e. The summed E-state index contributed by atoms with van der Waals surface area (Å²) in [6.45, 7) is 4.52. The first-order valence-electron chi connectivity index (χ1n) is 9.06. The Morgan fingerprint density at radius 1 is 1.32 bits per heavy atom. The van der Waals surface area contributed by atoms with E-state index < -0.39 is 0 Å². The number of hydrogen-bond acceptors (Lipinski definition) is 4. The number of fused-ring (bicyclic) bond motifs is 2. The van der Waals surface area contributed by atoms with Crippen molar-refractivity contribution in [3.05, 3.63) is 34.4 Å². The third-order valence-corrected chi connectivity index (χ3v) is 5.16. The fourth-order valence-corrected chi connectivity index (χ4v) is 3.80. The molecule has 0 saturated carbocycles. The van der Waals surface area contributed by atoms with Gasteiger partial charge in [0.15, 0.2) is 6.61 Å². The average molecular weight is 341 g/mol. The zero-order valence-electron chi connectivity index (χ0n) is 14.5. The summed E-state index contributed by atoms with van der Waals surface area (Å²) in [5, 5.41) is 0.558. The summed E-state index contributed by atoms with van der Waals surface area (Å²) in [5.74, 6) is 1.96. The predicted octanol–water partition coefficient (Wildman–Crippen LogP) is 1.98. The maximum atomic E-state index is 12.6. The van der Waals surface area contributed by atoms with Crippen molar-refractivity contribution >= 4 is 16.8 Å². The molecule has 25 heavy (non-hydrogen) atoms. The van der Waals surface area contributed by atoms with Gasteiger partial charge in [-0.2, -0.15) is 0 Å². The Kier molecular flexibility index (Phi) is 4.19. The third-order valence-electron chi connectivity index (χ3n) is 5.16. The van der Waals surface area contributed by atoms with Gasteiger partial charge in [0, 0.05) is 26.1 Å². The zero-order chi connectivity index (χ0) is 17.4. The van der Waals surface area contributed by atoms with Crippen molar-refractivity contribution < 1.29 is 9.53 Å². The maximum absolute atomic E-state index is 12.6. The smallest absolute Gasteiger partial charge is 0.261 e. The van der Waals surface area contributed by atoms with E-state index in [1.165, 1.54) is 6.42 Å². The molecule has 0 aliphatic carbocycles. The summed E-state index contributed by atoms with van der Waals surface area (Å²) in [6.07, 6.45) is 4.05. The van der Waals surface area contributed by atoms with Crippen LogP contribution in [0.4, 0.5) is 0 Å². The van der Waals surface area contributed by atoms with E-state index in [9.17, 15) is 9.59 Å². The van der Waals surface area contributed by atoms with Crippen LogP contribution in [0.2, 0.25) is 0 Å². The normalized spacial score (nSPS) is 19.9. The van der Waals surface area contributed by atoms with Gasteiger partial charge in [0.05, 0.1) is 10.9 Å². The molecule has 1 fully saturated rings. The van der Waals surface area contributed by atoms with Crippen molar-refractivity contribution in [2.75, 3.05) is 19.7 Å². The Morgan fingerprint density at radius 2 is 2.20 bits per heavy atom. The van der Waals surface area contributed by atoms with E-state index >= 15 is 0 Å². The molecule has 0 N–H and O–H groups in total. The van der Waals surface area contributed by atoms with Gasteiger partial charge in [0.25, 0.3) is 11.5 Å². The van der Waals surface area contributed by atoms with Gasteiger partial charge in [-0.15, -0.1) is 0 Å². The van der Waals surface area contributed by atoms with Gasteiger partial charge in [-0.3, -0.25) is 14.2 Å². The molecule has 2 aromatic rings. The van der Waals surface area contributed by atoms with Crippen LogP contribution in [0.15, 0.2) is 23.0 Å². The lowest BCUT2D eigenvalue weighted by molar-refractivity contribution is -0.135. The van der Waals surface area contributed by atoms with Gasteiger partial charge >= 0.3 is 0 Å². The van der Waals surface area contributed by atoms with Crippen LogP contribution in [0.1, 0.15) is 32.0 Å². The number of carbonyl (C=O) groups excluding carboxylic acids is 1. The minimum absolute atomic E-state index is 0.00967. The molecular formula is C19H23N3O3. The number of aromatic nitrogens is 2. The van der Waals surface area contributed by atoms with Crippen molar-refractivity contribution in [2.24, 2.45) is 5.92 Å². The first-order chi connectivity index (χ1) is 12.1. The predicted molar refractivity (Wildman–Crippen MR) is 94.8 cm³/mol. The van der Waals surface area contributed by atoms with Gasteiger partial charge in [-0.25, -0.2) is 4.98 Å². The summed E-state index contributed by atoms with van der Waals surface area (Å²) in [6, 6.07) is 5.30. The third kappa shape index (κ3) is 3.13. The maximum Gasteiger partial charge on any atom is 0.261 e. The lowest BCUT2D eigenvalue weighted by atomic mass is 10.0. The number of piperidine rings is 1. The van der Waals surface area contributed by atoms with Gasteiger partial charge in [0.1, 0.15) is 11.6 Å². The molecule has 0 radical (unpaired) electrons. The molecule has 132 valence electrons. The van der Waals surface area contributed by atoms with E-state index in [0.29, 0.717) is 22.6 Å². The van der Waals surface area contributed by atoms with Crippen LogP contribution >= 0.6 is 0 Å². The van der Waals surface area contributed by atoms with E-state index in [-0.39, 0.29) is 18.1 Å². The van der Waals surface area contributed by atoms with Crippen LogP contribution in [0, 0.1) is 5.92 Å². The van der Waals surface area contributed by atoms with Gasteiger partial charge in [0.2, 0.25) is 0 Å². The molecule has 0 spiro atoms. The van der Waals surface area contributed by atoms with E-state index in [2.05, 4.69) is 11.9 Å². The molecule has 0 bridgehead atoms. The highest BCUT2D eigenvalue weighted by Crippen LogP contribution is 2.20. The molecule has 1 saturated heterocycles. The fraction of sp³-hybridized carbons (Fsp3) is 0.526. The number of benzene rings is 1. The Bertz CT molecular complexity index is 874. The molecule has 6 nitrogen and oxygen atoms in total. The highest BCUT2D eigenvalue weighted by atomic mass is 16.5. The van der Waals surface area contributed by atoms with Crippen LogP contribution in [0.25, 0.3) is 10.9 Å². The van der Waals surface area contributed by atoms with Crippen molar-refractivity contribution in [1.29, 1.82) is 0 Å². The van der Waals surface area contributed by atoms with E-state index in [1.807, 2.05) is 4.90 Å². The largest absolute Gasteiger partial charge is 0.484 e. The fourth-order valence-electron chi connectivity index (χ4n) is 3.80. The van der Waals surface area contributed by atoms with E-state index in [1.54, 1.807) is 22.8 Å². The van der Waals surface area contributed by atoms with Crippen LogP contribution < -0.4 is 10.3 Å². The van der Waals surface area contributed by atoms with Crippen molar-refractivity contribution in [1.82, 2.24) is 14.5 Å². The summed E-state index contributed by atoms with van der Waals surface area (Å²) < 4.78 is 7.41. The second-order valence-corrected chi connectivity index (χ2v) is 7.14. The minimum atomic E-state index is -0.0147. The SMILES string of the molecule is C[C@@H]1CCCN(C(=O)COc2ccc3nc4n(c(=O)c3c2)CCC4)C1. The Balaban J connectivity index is 1.50.